The van der Waals surface area contributed by atoms with E-state index in [1.54, 1.807) is 30.2 Å². The van der Waals surface area contributed by atoms with Gasteiger partial charge in [-0.25, -0.2) is 9.18 Å². The fourth-order valence-corrected chi connectivity index (χ4v) is 3.24. The summed E-state index contributed by atoms with van der Waals surface area (Å²) in [7, 11) is 1.61. The van der Waals surface area contributed by atoms with Gasteiger partial charge in [-0.15, -0.1) is 0 Å². The number of ether oxygens (including phenoxy) is 1. The third kappa shape index (κ3) is 5.29. The molecule has 6 nitrogen and oxygen atoms in total. The Morgan fingerprint density at radius 3 is 2.75 bits per heavy atom. The highest BCUT2D eigenvalue weighted by Crippen LogP contribution is 2.23. The van der Waals surface area contributed by atoms with Crippen LogP contribution in [0, 0.1) is 11.7 Å². The van der Waals surface area contributed by atoms with Gasteiger partial charge in [0.05, 0.1) is 6.61 Å². The van der Waals surface area contributed by atoms with Gasteiger partial charge in [-0.3, -0.25) is 4.79 Å². The zero-order valence-electron chi connectivity index (χ0n) is 15.8. The number of nitrogens with zero attached hydrogens (tertiary/aromatic N) is 1. The van der Waals surface area contributed by atoms with Crippen molar-refractivity contribution in [1.82, 2.24) is 10.2 Å². The van der Waals surface area contributed by atoms with Crippen LogP contribution in [-0.2, 0) is 9.53 Å². The van der Waals surface area contributed by atoms with Gasteiger partial charge in [-0.2, -0.15) is 0 Å². The number of methoxy groups -OCH3 is 1. The van der Waals surface area contributed by atoms with Crippen LogP contribution in [0.2, 0.25) is 0 Å². The number of urea groups is 1. The Kier molecular flexibility index (Phi) is 6.60. The van der Waals surface area contributed by atoms with Gasteiger partial charge in [0, 0.05) is 44.8 Å². The lowest BCUT2D eigenvalue weighted by Crippen LogP contribution is -2.34. The Balaban J connectivity index is 1.51. The van der Waals surface area contributed by atoms with E-state index in [1.165, 1.54) is 12.1 Å². The van der Waals surface area contributed by atoms with Gasteiger partial charge in [0.2, 0.25) is 5.91 Å². The molecule has 0 unspecified atom stereocenters. The predicted molar refractivity (Wildman–Crippen MR) is 105 cm³/mol. The summed E-state index contributed by atoms with van der Waals surface area (Å²) in [6.07, 6.45) is 0.435. The molecule has 1 aliphatic rings. The molecule has 1 saturated heterocycles. The van der Waals surface area contributed by atoms with Crippen LogP contribution in [0.25, 0.3) is 11.1 Å². The van der Waals surface area contributed by atoms with Crippen molar-refractivity contribution in [2.45, 2.75) is 6.42 Å². The minimum absolute atomic E-state index is 0.0938. The molecule has 0 saturated carbocycles. The summed E-state index contributed by atoms with van der Waals surface area (Å²) in [6, 6.07) is 13.2. The molecule has 3 amide bonds. The van der Waals surface area contributed by atoms with E-state index < -0.39 is 0 Å². The fourth-order valence-electron chi connectivity index (χ4n) is 3.24. The fraction of sp³-hybridized carbons (Fsp3) is 0.333. The minimum Gasteiger partial charge on any atom is -0.383 e. The quantitative estimate of drug-likeness (QED) is 0.769. The lowest BCUT2D eigenvalue weighted by molar-refractivity contribution is -0.128. The second kappa shape index (κ2) is 9.32. The number of carbonyl (C=O) groups excluding carboxylic acids is 2. The monoisotopic (exact) mass is 385 g/mol. The third-order valence-corrected chi connectivity index (χ3v) is 4.71. The smallest absolute Gasteiger partial charge is 0.319 e. The molecular formula is C21H24FN3O3. The molecule has 7 heteroatoms. The van der Waals surface area contributed by atoms with E-state index in [2.05, 4.69) is 10.6 Å². The Hall–Kier alpha value is -2.93. The van der Waals surface area contributed by atoms with Crippen molar-refractivity contribution in [2.24, 2.45) is 5.92 Å². The molecule has 0 bridgehead atoms. The molecule has 28 heavy (non-hydrogen) atoms. The summed E-state index contributed by atoms with van der Waals surface area (Å²) in [4.78, 5) is 25.9. The lowest BCUT2D eigenvalue weighted by Gasteiger charge is -2.16. The van der Waals surface area contributed by atoms with E-state index in [0.29, 0.717) is 38.3 Å². The minimum atomic E-state index is -0.320. The number of amides is 3. The lowest BCUT2D eigenvalue weighted by atomic mass is 10.1. The second-order valence-electron chi connectivity index (χ2n) is 6.83. The molecule has 1 atom stereocenters. The first-order valence-corrected chi connectivity index (χ1v) is 9.22. The Morgan fingerprint density at radius 1 is 1.21 bits per heavy atom. The molecule has 2 aromatic carbocycles. The number of likely N-dealkylation sites (tertiary alicyclic amines) is 1. The molecular weight excluding hydrogens is 361 g/mol. The van der Waals surface area contributed by atoms with E-state index >= 15 is 0 Å². The van der Waals surface area contributed by atoms with Crippen molar-refractivity contribution in [3.8, 4) is 11.1 Å². The molecule has 2 N–H and O–H groups in total. The standard InChI is InChI=1S/C21H24FN3O3/c1-28-10-9-25-14-15(11-20(25)26)13-23-21(27)24-19-4-2-3-17(12-19)16-5-7-18(22)8-6-16/h2-8,12,15H,9-11,13-14H2,1H3,(H2,23,24,27)/t15-/m1/s1. The number of hydrogen-bond donors (Lipinski definition) is 2. The molecule has 0 radical (unpaired) electrons. The number of anilines is 1. The first-order valence-electron chi connectivity index (χ1n) is 9.22. The SMILES string of the molecule is COCCN1C[C@@H](CNC(=O)Nc2cccc(-c3ccc(F)cc3)c2)CC1=O. The van der Waals surface area contributed by atoms with Crippen LogP contribution in [0.3, 0.4) is 0 Å². The van der Waals surface area contributed by atoms with Crippen LogP contribution in [-0.4, -0.2) is 50.2 Å². The van der Waals surface area contributed by atoms with Crippen molar-refractivity contribution in [3.63, 3.8) is 0 Å². The van der Waals surface area contributed by atoms with E-state index in [1.807, 2.05) is 18.2 Å². The predicted octanol–water partition coefficient (Wildman–Crippen LogP) is 3.11. The van der Waals surface area contributed by atoms with E-state index in [9.17, 15) is 14.0 Å². The molecule has 1 heterocycles. The topological polar surface area (TPSA) is 70.7 Å². The van der Waals surface area contributed by atoms with Crippen molar-refractivity contribution in [3.05, 3.63) is 54.3 Å². The highest BCUT2D eigenvalue weighted by Gasteiger charge is 2.29. The number of halogens is 1. The van der Waals surface area contributed by atoms with Gasteiger partial charge in [0.1, 0.15) is 5.82 Å². The molecule has 2 aromatic rings. The number of nitrogens with one attached hydrogen (secondary N) is 2. The van der Waals surface area contributed by atoms with Crippen LogP contribution in [0.4, 0.5) is 14.9 Å². The molecule has 3 rings (SSSR count). The summed E-state index contributed by atoms with van der Waals surface area (Å²) in [5.74, 6) is -0.0968. The van der Waals surface area contributed by atoms with Crippen molar-refractivity contribution < 1.29 is 18.7 Å². The van der Waals surface area contributed by atoms with E-state index in [-0.39, 0.29) is 23.7 Å². The first kappa shape index (κ1) is 19.8. The summed E-state index contributed by atoms with van der Waals surface area (Å²) in [5, 5.41) is 5.63. The van der Waals surface area contributed by atoms with E-state index in [0.717, 1.165) is 11.1 Å². The summed E-state index contributed by atoms with van der Waals surface area (Å²) in [5.41, 5.74) is 2.39. The molecule has 148 valence electrons. The van der Waals surface area contributed by atoms with Gasteiger partial charge in [-0.05, 0) is 35.4 Å². The summed E-state index contributed by atoms with van der Waals surface area (Å²) in [6.45, 7) is 2.15. The zero-order chi connectivity index (χ0) is 19.9. The number of rotatable bonds is 7. The maximum absolute atomic E-state index is 13.1. The van der Waals surface area contributed by atoms with Crippen LogP contribution in [0.5, 0.6) is 0 Å². The molecule has 0 aromatic heterocycles. The maximum Gasteiger partial charge on any atom is 0.319 e. The third-order valence-electron chi connectivity index (χ3n) is 4.71. The van der Waals surface area contributed by atoms with Crippen molar-refractivity contribution in [2.75, 3.05) is 38.7 Å². The largest absolute Gasteiger partial charge is 0.383 e. The molecule has 1 fully saturated rings. The first-order chi connectivity index (χ1) is 13.5. The average Bonchev–Trinajstić information content (AvgIpc) is 3.05. The van der Waals surface area contributed by atoms with Crippen molar-refractivity contribution >= 4 is 17.6 Å². The second-order valence-corrected chi connectivity index (χ2v) is 6.83. The number of carbonyl (C=O) groups is 2. The van der Waals surface area contributed by atoms with Crippen LogP contribution < -0.4 is 10.6 Å². The Labute approximate surface area is 163 Å². The molecule has 0 spiro atoms. The summed E-state index contributed by atoms with van der Waals surface area (Å²) < 4.78 is 18.1. The van der Waals surface area contributed by atoms with Gasteiger partial charge in [0.25, 0.3) is 0 Å². The number of benzene rings is 2. The summed E-state index contributed by atoms with van der Waals surface area (Å²) >= 11 is 0. The highest BCUT2D eigenvalue weighted by molar-refractivity contribution is 5.90. The van der Waals surface area contributed by atoms with Crippen LogP contribution >= 0.6 is 0 Å². The normalized spacial score (nSPS) is 16.3. The van der Waals surface area contributed by atoms with Crippen LogP contribution in [0.15, 0.2) is 48.5 Å². The van der Waals surface area contributed by atoms with Gasteiger partial charge >= 0.3 is 6.03 Å². The molecule has 0 aliphatic carbocycles. The average molecular weight is 385 g/mol. The van der Waals surface area contributed by atoms with E-state index in [4.69, 9.17) is 4.74 Å². The van der Waals surface area contributed by atoms with Crippen LogP contribution in [0.1, 0.15) is 6.42 Å². The number of hydrogen-bond acceptors (Lipinski definition) is 3. The molecule has 1 aliphatic heterocycles. The van der Waals surface area contributed by atoms with Gasteiger partial charge in [0.15, 0.2) is 0 Å². The van der Waals surface area contributed by atoms with Gasteiger partial charge in [-0.1, -0.05) is 24.3 Å². The maximum atomic E-state index is 13.1. The Morgan fingerprint density at radius 2 is 2.00 bits per heavy atom. The van der Waals surface area contributed by atoms with Gasteiger partial charge < -0.3 is 20.3 Å². The zero-order valence-corrected chi connectivity index (χ0v) is 15.8. The highest BCUT2D eigenvalue weighted by atomic mass is 19.1. The Bertz CT molecular complexity index is 826. The van der Waals surface area contributed by atoms with Crippen molar-refractivity contribution in [1.29, 1.82) is 0 Å².